The van der Waals surface area contributed by atoms with Crippen LogP contribution in [0.15, 0.2) is 54.4 Å². The van der Waals surface area contributed by atoms with Crippen LogP contribution >= 0.6 is 0 Å². The summed E-state index contributed by atoms with van der Waals surface area (Å²) in [5.41, 5.74) is 11.0. The van der Waals surface area contributed by atoms with Crippen LogP contribution in [0, 0.1) is 6.92 Å². The first-order valence-electron chi connectivity index (χ1n) is 8.39. The van der Waals surface area contributed by atoms with Crippen LogP contribution in [0.4, 0.5) is 5.69 Å². The molecule has 1 amide bonds. The van der Waals surface area contributed by atoms with Gasteiger partial charge in [0.05, 0.1) is 5.70 Å². The number of ether oxygens (including phenoxy) is 1. The van der Waals surface area contributed by atoms with Gasteiger partial charge in [-0.15, -0.1) is 0 Å². The molecule has 3 rings (SSSR count). The van der Waals surface area contributed by atoms with Gasteiger partial charge in [-0.3, -0.25) is 4.79 Å². The minimum Gasteiger partial charge on any atom is -0.487 e. The second-order valence-corrected chi connectivity index (χ2v) is 6.24. The Kier molecular flexibility index (Phi) is 5.23. The number of amides is 1. The van der Waals surface area contributed by atoms with E-state index in [1.165, 1.54) is 11.1 Å². The second-order valence-electron chi connectivity index (χ2n) is 6.24. The number of hydrogen-bond donors (Lipinski definition) is 3. The molecule has 0 saturated heterocycles. The van der Waals surface area contributed by atoms with Gasteiger partial charge in [0.1, 0.15) is 12.4 Å². The van der Waals surface area contributed by atoms with Gasteiger partial charge in [-0.25, -0.2) is 0 Å². The summed E-state index contributed by atoms with van der Waals surface area (Å²) in [5.74, 6) is 0.817. The van der Waals surface area contributed by atoms with E-state index in [1.807, 2.05) is 18.2 Å². The van der Waals surface area contributed by atoms with Crippen LogP contribution in [0.2, 0.25) is 0 Å². The summed E-state index contributed by atoms with van der Waals surface area (Å²) in [4.78, 5) is 11.4. The Morgan fingerprint density at radius 2 is 2.04 bits per heavy atom. The maximum absolute atomic E-state index is 11.4. The molecule has 0 aliphatic carbocycles. The van der Waals surface area contributed by atoms with Crippen molar-refractivity contribution >= 4 is 11.6 Å². The molecule has 0 spiro atoms. The van der Waals surface area contributed by atoms with Gasteiger partial charge in [0.15, 0.2) is 0 Å². The average Bonchev–Trinajstić information content (AvgIpc) is 2.61. The van der Waals surface area contributed by atoms with Crippen molar-refractivity contribution in [2.24, 2.45) is 5.73 Å². The summed E-state index contributed by atoms with van der Waals surface area (Å²) in [6, 6.07) is 14.0. The van der Waals surface area contributed by atoms with Crippen LogP contribution in [-0.4, -0.2) is 12.5 Å². The number of carbonyl (C=O) groups excluding carboxylic acids is 1. The molecule has 2 aromatic carbocycles. The monoisotopic (exact) mass is 337 g/mol. The molecule has 5 nitrogen and oxygen atoms in total. The predicted molar refractivity (Wildman–Crippen MR) is 99.2 cm³/mol. The van der Waals surface area contributed by atoms with Crippen molar-refractivity contribution in [1.29, 1.82) is 0 Å². The predicted octanol–water partition coefficient (Wildman–Crippen LogP) is 2.85. The van der Waals surface area contributed by atoms with Crippen molar-refractivity contribution < 1.29 is 9.53 Å². The van der Waals surface area contributed by atoms with E-state index in [0.29, 0.717) is 18.7 Å². The van der Waals surface area contributed by atoms with E-state index >= 15 is 0 Å². The third kappa shape index (κ3) is 4.76. The van der Waals surface area contributed by atoms with Crippen molar-refractivity contribution in [3.05, 3.63) is 71.1 Å². The fourth-order valence-electron chi connectivity index (χ4n) is 2.66. The number of nitrogens with one attached hydrogen (secondary N) is 2. The molecule has 2 aromatic rings. The molecule has 1 aliphatic rings. The lowest BCUT2D eigenvalue weighted by Crippen LogP contribution is -2.19. The number of anilines is 1. The van der Waals surface area contributed by atoms with E-state index in [4.69, 9.17) is 10.5 Å². The fraction of sp³-hybridized carbons (Fsp3) is 0.250. The quantitative estimate of drug-likeness (QED) is 0.757. The fourth-order valence-corrected chi connectivity index (χ4v) is 2.66. The molecule has 0 fully saturated rings. The van der Waals surface area contributed by atoms with Crippen LogP contribution in [-0.2, 0) is 17.8 Å². The van der Waals surface area contributed by atoms with Crippen LogP contribution in [0.1, 0.15) is 23.1 Å². The first-order chi connectivity index (χ1) is 12.1. The number of hydrogen-bond acceptors (Lipinski definition) is 4. The molecule has 0 atom stereocenters. The lowest BCUT2D eigenvalue weighted by molar-refractivity contribution is -0.116. The normalized spacial score (nSPS) is 13.8. The minimum absolute atomic E-state index is 0.0630. The molecule has 5 heteroatoms. The largest absolute Gasteiger partial charge is 0.487 e. The van der Waals surface area contributed by atoms with Gasteiger partial charge >= 0.3 is 0 Å². The molecule has 130 valence electrons. The average molecular weight is 337 g/mol. The van der Waals surface area contributed by atoms with E-state index in [1.54, 1.807) is 6.20 Å². The van der Waals surface area contributed by atoms with Crippen molar-refractivity contribution in [2.45, 2.75) is 26.3 Å². The number of rotatable bonds is 6. The molecule has 0 unspecified atom stereocenters. The Morgan fingerprint density at radius 3 is 2.84 bits per heavy atom. The van der Waals surface area contributed by atoms with E-state index < -0.39 is 0 Å². The zero-order valence-corrected chi connectivity index (χ0v) is 14.3. The zero-order valence-electron chi connectivity index (χ0n) is 14.3. The lowest BCUT2D eigenvalue weighted by Gasteiger charge is -2.17. The maximum Gasteiger partial charge on any atom is 0.224 e. The van der Waals surface area contributed by atoms with Crippen molar-refractivity contribution in [3.8, 4) is 5.75 Å². The molecule has 0 saturated carbocycles. The maximum atomic E-state index is 11.4. The minimum atomic E-state index is 0.0630. The smallest absolute Gasteiger partial charge is 0.224 e. The van der Waals surface area contributed by atoms with Crippen molar-refractivity contribution in [1.82, 2.24) is 5.32 Å². The molecule has 1 aliphatic heterocycles. The molecular weight excluding hydrogens is 314 g/mol. The van der Waals surface area contributed by atoms with Crippen molar-refractivity contribution in [3.63, 3.8) is 0 Å². The van der Waals surface area contributed by atoms with Gasteiger partial charge in [0, 0.05) is 24.9 Å². The van der Waals surface area contributed by atoms with Gasteiger partial charge in [0.2, 0.25) is 5.91 Å². The zero-order chi connectivity index (χ0) is 17.6. The number of fused-ring (bicyclic) bond motifs is 1. The number of aryl methyl sites for hydroxylation is 2. The highest BCUT2D eigenvalue weighted by Crippen LogP contribution is 2.26. The highest BCUT2D eigenvalue weighted by molar-refractivity contribution is 5.93. The van der Waals surface area contributed by atoms with Gasteiger partial charge in [0.25, 0.3) is 0 Å². The van der Waals surface area contributed by atoms with E-state index in [-0.39, 0.29) is 5.91 Å². The summed E-state index contributed by atoms with van der Waals surface area (Å²) in [6.45, 7) is 3.10. The Balaban J connectivity index is 1.49. The van der Waals surface area contributed by atoms with Gasteiger partial charge in [-0.05, 0) is 42.7 Å². The summed E-state index contributed by atoms with van der Waals surface area (Å²) in [7, 11) is 0. The molecule has 25 heavy (non-hydrogen) atoms. The molecule has 4 N–H and O–H groups in total. The van der Waals surface area contributed by atoms with Gasteiger partial charge < -0.3 is 21.1 Å². The Hall–Kier alpha value is -2.95. The number of nitrogens with two attached hydrogens (primary N) is 1. The number of benzene rings is 2. The Bertz CT molecular complexity index is 782. The highest BCUT2D eigenvalue weighted by Gasteiger charge is 2.14. The van der Waals surface area contributed by atoms with E-state index in [2.05, 4.69) is 41.8 Å². The summed E-state index contributed by atoms with van der Waals surface area (Å²) in [5, 5.41) is 6.06. The van der Waals surface area contributed by atoms with E-state index in [0.717, 1.165) is 30.0 Å². The topological polar surface area (TPSA) is 76.4 Å². The third-order valence-electron chi connectivity index (χ3n) is 4.09. The second kappa shape index (κ2) is 7.75. The van der Waals surface area contributed by atoms with Gasteiger partial charge in [-0.1, -0.05) is 29.8 Å². The standard InChI is InChI=1S/C20H23N3O2/c1-14-2-4-15(5-3-14)11-22-12-17(21)13-25-18-7-8-19-16(10-18)6-9-20(24)23-19/h2-5,7-8,10,12,22H,6,9,11,13,21H2,1H3,(H,23,24)/b17-12-. The van der Waals surface area contributed by atoms with Crippen LogP contribution in [0.5, 0.6) is 5.75 Å². The molecule has 0 bridgehead atoms. The Labute approximate surface area is 147 Å². The molecule has 0 radical (unpaired) electrons. The Morgan fingerprint density at radius 1 is 1.24 bits per heavy atom. The summed E-state index contributed by atoms with van der Waals surface area (Å²) in [6.07, 6.45) is 3.03. The third-order valence-corrected chi connectivity index (χ3v) is 4.09. The first kappa shape index (κ1) is 16.9. The van der Waals surface area contributed by atoms with Gasteiger partial charge in [-0.2, -0.15) is 0 Å². The van der Waals surface area contributed by atoms with E-state index in [9.17, 15) is 4.79 Å². The first-order valence-corrected chi connectivity index (χ1v) is 8.39. The lowest BCUT2D eigenvalue weighted by atomic mass is 10.0. The summed E-state index contributed by atoms with van der Waals surface area (Å²) >= 11 is 0. The van der Waals surface area contributed by atoms with Crippen LogP contribution < -0.4 is 21.1 Å². The molecular formula is C20H23N3O2. The molecule has 0 aromatic heterocycles. The highest BCUT2D eigenvalue weighted by atomic mass is 16.5. The molecule has 1 heterocycles. The van der Waals surface area contributed by atoms with Crippen LogP contribution in [0.3, 0.4) is 0 Å². The number of carbonyl (C=O) groups is 1. The summed E-state index contributed by atoms with van der Waals surface area (Å²) < 4.78 is 5.73. The van der Waals surface area contributed by atoms with Crippen molar-refractivity contribution in [2.75, 3.05) is 11.9 Å². The van der Waals surface area contributed by atoms with Crippen LogP contribution in [0.25, 0.3) is 0 Å². The SMILES string of the molecule is Cc1ccc(CN/C=C(\N)COc2ccc3c(c2)CCC(=O)N3)cc1.